The van der Waals surface area contributed by atoms with Crippen LogP contribution >= 0.6 is 0 Å². The summed E-state index contributed by atoms with van der Waals surface area (Å²) in [5, 5.41) is 33.7. The van der Waals surface area contributed by atoms with Crippen molar-refractivity contribution >= 4 is 17.9 Å². The van der Waals surface area contributed by atoms with E-state index in [0.29, 0.717) is 0 Å². The molecule has 0 spiro atoms. The summed E-state index contributed by atoms with van der Waals surface area (Å²) in [6.07, 6.45) is 0.996. The highest BCUT2D eigenvalue weighted by Crippen LogP contribution is 2.19. The van der Waals surface area contributed by atoms with Crippen LogP contribution in [0.2, 0.25) is 0 Å². The van der Waals surface area contributed by atoms with E-state index in [0.717, 1.165) is 16.9 Å². The van der Waals surface area contributed by atoms with Crippen LogP contribution in [-0.4, -0.2) is 48.2 Å². The van der Waals surface area contributed by atoms with Crippen LogP contribution in [0, 0.1) is 0 Å². The molecular formula is C11H7N3O6. The number of carboxylic acid groups (broad SMARTS) is 3. The van der Waals surface area contributed by atoms with Crippen LogP contribution in [0.15, 0.2) is 24.4 Å². The summed E-state index contributed by atoms with van der Waals surface area (Å²) in [7, 11) is 0. The Bertz CT molecular complexity index is 721. The third-order valence-electron chi connectivity index (χ3n) is 2.45. The van der Waals surface area contributed by atoms with Crippen LogP contribution in [0.25, 0.3) is 5.69 Å². The first kappa shape index (κ1) is 13.2. The zero-order chi connectivity index (χ0) is 14.9. The number of hydrogen-bond acceptors (Lipinski definition) is 5. The number of aromatic carboxylic acids is 3. The molecule has 0 saturated carbocycles. The largest absolute Gasteiger partial charge is 0.478 e. The fraction of sp³-hybridized carbons (Fsp3) is 0. The van der Waals surface area contributed by atoms with Gasteiger partial charge in [0.1, 0.15) is 0 Å². The second-order valence-corrected chi connectivity index (χ2v) is 3.66. The molecule has 1 aromatic heterocycles. The lowest BCUT2D eigenvalue weighted by molar-refractivity contribution is 0.0651. The summed E-state index contributed by atoms with van der Waals surface area (Å²) in [5.74, 6) is -4.21. The number of rotatable bonds is 4. The van der Waals surface area contributed by atoms with Crippen molar-refractivity contribution in [2.45, 2.75) is 0 Å². The SMILES string of the molecule is O=C(O)c1cn(-c2cccc(C(=O)O)c2C(=O)O)nn1. The zero-order valence-corrected chi connectivity index (χ0v) is 9.72. The predicted octanol–water partition coefficient (Wildman–Crippen LogP) is 0.362. The smallest absolute Gasteiger partial charge is 0.358 e. The van der Waals surface area contributed by atoms with Crippen molar-refractivity contribution in [2.75, 3.05) is 0 Å². The van der Waals surface area contributed by atoms with Crippen LogP contribution in [0.3, 0.4) is 0 Å². The molecule has 0 aliphatic heterocycles. The average molecular weight is 277 g/mol. The molecule has 0 saturated heterocycles. The summed E-state index contributed by atoms with van der Waals surface area (Å²) < 4.78 is 0.902. The zero-order valence-electron chi connectivity index (χ0n) is 9.72. The second-order valence-electron chi connectivity index (χ2n) is 3.66. The molecule has 3 N–H and O–H groups in total. The maximum atomic E-state index is 11.2. The molecule has 0 radical (unpaired) electrons. The van der Waals surface area contributed by atoms with Gasteiger partial charge in [-0.1, -0.05) is 11.3 Å². The van der Waals surface area contributed by atoms with Gasteiger partial charge in [0.15, 0.2) is 5.69 Å². The van der Waals surface area contributed by atoms with Gasteiger partial charge in [-0.05, 0) is 12.1 Å². The summed E-state index contributed by atoms with van der Waals surface area (Å²) in [4.78, 5) is 33.0. The molecule has 9 heteroatoms. The first-order valence-corrected chi connectivity index (χ1v) is 5.17. The van der Waals surface area contributed by atoms with Gasteiger partial charge in [-0.2, -0.15) is 0 Å². The number of nitrogens with zero attached hydrogens (tertiary/aromatic N) is 3. The lowest BCUT2D eigenvalue weighted by atomic mass is 10.1. The molecule has 0 bridgehead atoms. The van der Waals surface area contributed by atoms with Crippen molar-refractivity contribution in [1.82, 2.24) is 15.0 Å². The van der Waals surface area contributed by atoms with E-state index < -0.39 is 29.0 Å². The van der Waals surface area contributed by atoms with Crippen molar-refractivity contribution in [3.8, 4) is 5.69 Å². The maximum Gasteiger partial charge on any atom is 0.358 e. The number of carboxylic acids is 3. The molecule has 102 valence electrons. The highest BCUT2D eigenvalue weighted by atomic mass is 16.4. The van der Waals surface area contributed by atoms with Gasteiger partial charge in [0.2, 0.25) is 0 Å². The van der Waals surface area contributed by atoms with Crippen molar-refractivity contribution in [2.24, 2.45) is 0 Å². The lowest BCUT2D eigenvalue weighted by Gasteiger charge is -2.07. The second kappa shape index (κ2) is 4.80. The van der Waals surface area contributed by atoms with Crippen molar-refractivity contribution in [1.29, 1.82) is 0 Å². The molecule has 1 aromatic carbocycles. The van der Waals surface area contributed by atoms with Crippen molar-refractivity contribution in [3.63, 3.8) is 0 Å². The van der Waals surface area contributed by atoms with Gasteiger partial charge in [-0.15, -0.1) is 5.10 Å². The molecule has 0 fully saturated rings. The van der Waals surface area contributed by atoms with E-state index in [2.05, 4.69) is 10.3 Å². The number of aromatic nitrogens is 3. The summed E-state index contributed by atoms with van der Waals surface area (Å²) in [5.41, 5.74) is -1.40. The van der Waals surface area contributed by atoms with Crippen molar-refractivity contribution < 1.29 is 29.7 Å². The first-order chi connectivity index (χ1) is 9.41. The molecule has 9 nitrogen and oxygen atoms in total. The number of benzene rings is 1. The lowest BCUT2D eigenvalue weighted by Crippen LogP contribution is -2.13. The monoisotopic (exact) mass is 277 g/mol. The van der Waals surface area contributed by atoms with Gasteiger partial charge >= 0.3 is 17.9 Å². The molecule has 20 heavy (non-hydrogen) atoms. The Morgan fingerprint density at radius 2 is 1.70 bits per heavy atom. The minimum absolute atomic E-state index is 0.0857. The van der Waals surface area contributed by atoms with Gasteiger partial charge in [0.25, 0.3) is 0 Å². The van der Waals surface area contributed by atoms with E-state index in [1.54, 1.807) is 0 Å². The molecule has 1 heterocycles. The van der Waals surface area contributed by atoms with Gasteiger partial charge in [0.05, 0.1) is 23.0 Å². The van der Waals surface area contributed by atoms with Gasteiger partial charge in [-0.3, -0.25) is 0 Å². The molecule has 0 amide bonds. The standard InChI is InChI=1S/C11H7N3O6/c15-9(16)5-2-1-3-7(8(5)11(19)20)14-4-6(10(17)18)12-13-14/h1-4H,(H,15,16)(H,17,18)(H,19,20). The number of carbonyl (C=O) groups is 3. The Balaban J connectivity index is 2.66. The Labute approximate surface area is 110 Å². The van der Waals surface area contributed by atoms with Crippen molar-refractivity contribution in [3.05, 3.63) is 41.2 Å². The fourth-order valence-electron chi connectivity index (χ4n) is 1.61. The van der Waals surface area contributed by atoms with Crippen LogP contribution < -0.4 is 0 Å². The molecule has 2 aromatic rings. The molecule has 2 rings (SSSR count). The first-order valence-electron chi connectivity index (χ1n) is 5.17. The normalized spacial score (nSPS) is 10.2. The van der Waals surface area contributed by atoms with Crippen LogP contribution in [0.5, 0.6) is 0 Å². The van der Waals surface area contributed by atoms with Crippen LogP contribution in [0.1, 0.15) is 31.2 Å². The maximum absolute atomic E-state index is 11.2. The predicted molar refractivity (Wildman–Crippen MR) is 62.2 cm³/mol. The minimum atomic E-state index is -1.47. The Morgan fingerprint density at radius 3 is 2.20 bits per heavy atom. The van der Waals surface area contributed by atoms with E-state index in [1.807, 2.05) is 0 Å². The van der Waals surface area contributed by atoms with Crippen LogP contribution in [-0.2, 0) is 0 Å². The Morgan fingerprint density at radius 1 is 1.00 bits per heavy atom. The summed E-state index contributed by atoms with van der Waals surface area (Å²) in [6, 6.07) is 3.76. The fourth-order valence-corrected chi connectivity index (χ4v) is 1.61. The highest BCUT2D eigenvalue weighted by molar-refractivity contribution is 6.04. The molecule has 0 aliphatic rings. The van der Waals surface area contributed by atoms with E-state index in [9.17, 15) is 14.4 Å². The number of hydrogen-bond donors (Lipinski definition) is 3. The van der Waals surface area contributed by atoms with Crippen LogP contribution in [0.4, 0.5) is 0 Å². The minimum Gasteiger partial charge on any atom is -0.478 e. The Hall–Kier alpha value is -3.23. The molecule has 0 unspecified atom stereocenters. The Kier molecular flexibility index (Phi) is 3.17. The molecule has 0 atom stereocenters. The van der Waals surface area contributed by atoms with E-state index >= 15 is 0 Å². The van der Waals surface area contributed by atoms with Gasteiger partial charge in [-0.25, -0.2) is 19.1 Å². The van der Waals surface area contributed by atoms with E-state index in [-0.39, 0.29) is 11.4 Å². The molecule has 0 aliphatic carbocycles. The third-order valence-corrected chi connectivity index (χ3v) is 2.45. The summed E-state index contributed by atoms with van der Waals surface area (Å²) in [6.45, 7) is 0. The average Bonchev–Trinajstić information content (AvgIpc) is 2.87. The highest BCUT2D eigenvalue weighted by Gasteiger charge is 2.22. The van der Waals surface area contributed by atoms with E-state index in [1.165, 1.54) is 12.1 Å². The third kappa shape index (κ3) is 2.19. The van der Waals surface area contributed by atoms with Gasteiger partial charge in [0, 0.05) is 0 Å². The quantitative estimate of drug-likeness (QED) is 0.726. The van der Waals surface area contributed by atoms with Gasteiger partial charge < -0.3 is 15.3 Å². The molecular weight excluding hydrogens is 270 g/mol. The summed E-state index contributed by atoms with van der Waals surface area (Å²) >= 11 is 0. The topological polar surface area (TPSA) is 143 Å². The van der Waals surface area contributed by atoms with E-state index in [4.69, 9.17) is 15.3 Å².